The number of esters is 1. The van der Waals surface area contributed by atoms with E-state index >= 15 is 0 Å². The Morgan fingerprint density at radius 1 is 1.31 bits per heavy atom. The molecular weight excluding hydrogens is 210 g/mol. The third-order valence-corrected chi connectivity index (χ3v) is 2.12. The number of nitrogens with one attached hydrogen (secondary N) is 1. The van der Waals surface area contributed by atoms with Crippen LogP contribution in [0.3, 0.4) is 0 Å². The summed E-state index contributed by atoms with van der Waals surface area (Å²) in [5.41, 5.74) is 0. The first kappa shape index (κ1) is 14.6. The van der Waals surface area contributed by atoms with Crippen molar-refractivity contribution < 1.29 is 19.1 Å². The quantitative estimate of drug-likeness (QED) is 0.323. The van der Waals surface area contributed by atoms with Gasteiger partial charge < -0.3 is 9.47 Å². The van der Waals surface area contributed by atoms with E-state index in [4.69, 9.17) is 10.1 Å². The van der Waals surface area contributed by atoms with Crippen LogP contribution in [-0.4, -0.2) is 31.4 Å². The first-order valence-electron chi connectivity index (χ1n) is 5.25. The van der Waals surface area contributed by atoms with Crippen molar-refractivity contribution in [3.63, 3.8) is 0 Å². The number of hydrogen-bond donors (Lipinski definition) is 1. The lowest BCUT2D eigenvalue weighted by Gasteiger charge is -2.16. The molecule has 5 heteroatoms. The maximum Gasteiger partial charge on any atom is 0.317 e. The summed E-state index contributed by atoms with van der Waals surface area (Å²) in [5, 5.41) is 7.35. The number of ketones is 1. The van der Waals surface area contributed by atoms with Crippen LogP contribution >= 0.6 is 0 Å². The highest BCUT2D eigenvalue weighted by atomic mass is 16.5. The van der Waals surface area contributed by atoms with E-state index in [9.17, 15) is 9.59 Å². The molecule has 1 atom stereocenters. The molecule has 0 fully saturated rings. The molecule has 0 spiro atoms. The number of carbonyl (C=O) groups is 2. The zero-order chi connectivity index (χ0) is 12.7. The average molecular weight is 229 g/mol. The smallest absolute Gasteiger partial charge is 0.317 e. The second kappa shape index (κ2) is 6.98. The van der Waals surface area contributed by atoms with Crippen LogP contribution in [-0.2, 0) is 19.1 Å². The van der Waals surface area contributed by atoms with Crippen LogP contribution in [0.15, 0.2) is 0 Å². The molecule has 0 aliphatic heterocycles. The van der Waals surface area contributed by atoms with E-state index in [1.807, 2.05) is 0 Å². The Balaban J connectivity index is 4.69. The van der Waals surface area contributed by atoms with Crippen LogP contribution in [0.25, 0.3) is 0 Å². The monoisotopic (exact) mass is 229 g/mol. The van der Waals surface area contributed by atoms with E-state index in [1.165, 1.54) is 7.11 Å². The van der Waals surface area contributed by atoms with Crippen molar-refractivity contribution in [2.24, 2.45) is 11.8 Å². The highest BCUT2D eigenvalue weighted by Crippen LogP contribution is 2.14. The molecule has 0 radical (unpaired) electrons. The van der Waals surface area contributed by atoms with Crippen LogP contribution < -0.4 is 0 Å². The minimum Gasteiger partial charge on any atom is -0.484 e. The van der Waals surface area contributed by atoms with Crippen molar-refractivity contribution in [2.45, 2.75) is 27.2 Å². The van der Waals surface area contributed by atoms with Gasteiger partial charge in [-0.15, -0.1) is 0 Å². The molecular formula is C11H19NO4. The number of rotatable bonds is 6. The Labute approximate surface area is 95.6 Å². The highest BCUT2D eigenvalue weighted by Gasteiger charge is 2.31. The van der Waals surface area contributed by atoms with Gasteiger partial charge >= 0.3 is 5.97 Å². The molecule has 16 heavy (non-hydrogen) atoms. The maximum atomic E-state index is 11.8. The lowest BCUT2D eigenvalue weighted by Crippen LogP contribution is -2.31. The van der Waals surface area contributed by atoms with E-state index in [0.29, 0.717) is 0 Å². The van der Waals surface area contributed by atoms with Gasteiger partial charge in [-0.2, -0.15) is 0 Å². The van der Waals surface area contributed by atoms with Gasteiger partial charge in [0.05, 0.1) is 13.7 Å². The Morgan fingerprint density at radius 3 is 2.25 bits per heavy atom. The van der Waals surface area contributed by atoms with E-state index in [1.54, 1.807) is 20.8 Å². The zero-order valence-electron chi connectivity index (χ0n) is 10.2. The summed E-state index contributed by atoms with van der Waals surface area (Å²) in [6, 6.07) is 0. The SMILES string of the molecule is CCOC(=O)C(CC(=N)OC)C(=O)C(C)C. The number of hydrogen-bond acceptors (Lipinski definition) is 5. The minimum absolute atomic E-state index is 0.0354. The van der Waals surface area contributed by atoms with E-state index in [2.05, 4.69) is 4.74 Å². The summed E-state index contributed by atoms with van der Waals surface area (Å²) in [5.74, 6) is -2.08. The fraction of sp³-hybridized carbons (Fsp3) is 0.727. The van der Waals surface area contributed by atoms with Crippen molar-refractivity contribution in [2.75, 3.05) is 13.7 Å². The molecule has 1 N–H and O–H groups in total. The second-order valence-corrected chi connectivity index (χ2v) is 3.69. The van der Waals surface area contributed by atoms with Crippen molar-refractivity contribution in [3.8, 4) is 0 Å². The normalized spacial score (nSPS) is 12.1. The standard InChI is InChI=1S/C11H19NO4/c1-5-16-11(14)8(6-9(12)15-4)10(13)7(2)3/h7-8,12H,5-6H2,1-4H3. The zero-order valence-corrected chi connectivity index (χ0v) is 10.2. The molecule has 0 amide bonds. The molecule has 0 aromatic rings. The molecule has 0 saturated carbocycles. The number of ether oxygens (including phenoxy) is 2. The molecule has 0 rings (SSSR count). The second-order valence-electron chi connectivity index (χ2n) is 3.69. The van der Waals surface area contributed by atoms with Gasteiger partial charge in [-0.1, -0.05) is 13.8 Å². The van der Waals surface area contributed by atoms with E-state index in [0.717, 1.165) is 0 Å². The topological polar surface area (TPSA) is 76.5 Å². The van der Waals surface area contributed by atoms with Crippen LogP contribution in [0.4, 0.5) is 0 Å². The summed E-state index contributed by atoms with van der Waals surface area (Å²) in [6.07, 6.45) is -0.0354. The predicted molar refractivity (Wildman–Crippen MR) is 59.3 cm³/mol. The van der Waals surface area contributed by atoms with Crippen molar-refractivity contribution in [3.05, 3.63) is 0 Å². The van der Waals surface area contributed by atoms with Crippen molar-refractivity contribution >= 4 is 17.7 Å². The molecule has 0 aliphatic carbocycles. The van der Waals surface area contributed by atoms with Gasteiger partial charge in [0.15, 0.2) is 5.90 Å². The molecule has 0 aromatic carbocycles. The van der Waals surface area contributed by atoms with Crippen LogP contribution in [0.2, 0.25) is 0 Å². The van der Waals surface area contributed by atoms with Crippen LogP contribution in [0.5, 0.6) is 0 Å². The number of methoxy groups -OCH3 is 1. The first-order valence-corrected chi connectivity index (χ1v) is 5.25. The predicted octanol–water partition coefficient (Wildman–Crippen LogP) is 1.40. The molecule has 0 bridgehead atoms. The van der Waals surface area contributed by atoms with Crippen LogP contribution in [0.1, 0.15) is 27.2 Å². The molecule has 0 aliphatic rings. The van der Waals surface area contributed by atoms with Crippen LogP contribution in [0, 0.1) is 17.2 Å². The summed E-state index contributed by atoms with van der Waals surface area (Å²) in [7, 11) is 1.34. The summed E-state index contributed by atoms with van der Waals surface area (Å²) < 4.78 is 9.47. The molecule has 92 valence electrons. The fourth-order valence-corrected chi connectivity index (χ4v) is 1.21. The first-order chi connectivity index (χ1) is 7.43. The summed E-state index contributed by atoms with van der Waals surface area (Å²) in [4.78, 5) is 23.3. The molecule has 0 saturated heterocycles. The Morgan fingerprint density at radius 2 is 1.88 bits per heavy atom. The summed E-state index contributed by atoms with van der Waals surface area (Å²) >= 11 is 0. The number of carbonyl (C=O) groups excluding carboxylic acids is 2. The third-order valence-electron chi connectivity index (χ3n) is 2.12. The van der Waals surface area contributed by atoms with Crippen molar-refractivity contribution in [1.82, 2.24) is 0 Å². The van der Waals surface area contributed by atoms with Gasteiger partial charge in [-0.25, -0.2) is 0 Å². The van der Waals surface area contributed by atoms with E-state index in [-0.39, 0.29) is 30.6 Å². The van der Waals surface area contributed by atoms with Crippen molar-refractivity contribution in [1.29, 1.82) is 5.41 Å². The van der Waals surface area contributed by atoms with Gasteiger partial charge in [0.25, 0.3) is 0 Å². The lowest BCUT2D eigenvalue weighted by molar-refractivity contribution is -0.152. The highest BCUT2D eigenvalue weighted by molar-refractivity contribution is 6.02. The molecule has 0 aromatic heterocycles. The molecule has 0 heterocycles. The van der Waals surface area contributed by atoms with Gasteiger partial charge in [0.2, 0.25) is 0 Å². The Kier molecular flexibility index (Phi) is 6.37. The Bertz CT molecular complexity index is 273. The molecule has 1 unspecified atom stereocenters. The fourth-order valence-electron chi connectivity index (χ4n) is 1.21. The third kappa shape index (κ3) is 4.42. The maximum absolute atomic E-state index is 11.8. The van der Waals surface area contributed by atoms with E-state index < -0.39 is 11.9 Å². The minimum atomic E-state index is -0.924. The van der Waals surface area contributed by atoms with Gasteiger partial charge in [-0.3, -0.25) is 15.0 Å². The van der Waals surface area contributed by atoms with Gasteiger partial charge in [-0.05, 0) is 6.92 Å². The molecule has 5 nitrogen and oxygen atoms in total. The Hall–Kier alpha value is -1.39. The lowest BCUT2D eigenvalue weighted by atomic mass is 9.92. The average Bonchev–Trinajstić information content (AvgIpc) is 2.24. The largest absolute Gasteiger partial charge is 0.484 e. The summed E-state index contributed by atoms with van der Waals surface area (Å²) in [6.45, 7) is 5.33. The number of Topliss-reactive ketones (excluding diaryl/α,β-unsaturated/α-hetero) is 1. The van der Waals surface area contributed by atoms with Gasteiger partial charge in [0.1, 0.15) is 11.7 Å². The van der Waals surface area contributed by atoms with Gasteiger partial charge in [0, 0.05) is 12.3 Å².